The van der Waals surface area contributed by atoms with Gasteiger partial charge in [0.1, 0.15) is 0 Å². The Morgan fingerprint density at radius 1 is 0.700 bits per heavy atom. The normalized spacial score (nSPS) is 14.4. The molecule has 0 aromatic heterocycles. The highest BCUT2D eigenvalue weighted by atomic mass is 16.5. The molecule has 0 N–H and O–H groups in total. The molecule has 3 nitrogen and oxygen atoms in total. The molecule has 0 spiro atoms. The molecule has 0 amide bonds. The van der Waals surface area contributed by atoms with Crippen molar-refractivity contribution in [3.63, 3.8) is 0 Å². The van der Waals surface area contributed by atoms with Crippen molar-refractivity contribution in [3.8, 4) is 0 Å². The van der Waals surface area contributed by atoms with E-state index in [4.69, 9.17) is 14.2 Å². The summed E-state index contributed by atoms with van der Waals surface area (Å²) in [5.74, 6) is 0.394. The van der Waals surface area contributed by atoms with E-state index in [-0.39, 0.29) is 6.10 Å². The van der Waals surface area contributed by atoms with E-state index < -0.39 is 0 Å². The fourth-order valence-electron chi connectivity index (χ4n) is 1.82. The van der Waals surface area contributed by atoms with E-state index in [1.807, 2.05) is 0 Å². The molecule has 0 rings (SSSR count). The lowest BCUT2D eigenvalue weighted by molar-refractivity contribution is -0.0627. The van der Waals surface area contributed by atoms with E-state index in [2.05, 4.69) is 27.7 Å². The number of unbranched alkanes of at least 4 members (excludes halogenated alkanes) is 3. The van der Waals surface area contributed by atoms with Gasteiger partial charge in [0.05, 0.1) is 19.3 Å². The monoisotopic (exact) mass is 288 g/mol. The molecule has 0 aliphatic carbocycles. The van der Waals surface area contributed by atoms with Gasteiger partial charge >= 0.3 is 0 Å². The van der Waals surface area contributed by atoms with Crippen LogP contribution in [0.15, 0.2) is 0 Å². The average Bonchev–Trinajstić information content (AvgIpc) is 2.46. The van der Waals surface area contributed by atoms with Crippen molar-refractivity contribution in [1.82, 2.24) is 0 Å². The van der Waals surface area contributed by atoms with Crippen LogP contribution in [0.4, 0.5) is 0 Å². The Kier molecular flexibility index (Phi) is 15.2. The van der Waals surface area contributed by atoms with Crippen molar-refractivity contribution < 1.29 is 14.2 Å². The van der Waals surface area contributed by atoms with Crippen LogP contribution in [-0.2, 0) is 14.2 Å². The molecule has 0 bridgehead atoms. The fraction of sp³-hybridized carbons (Fsp3) is 1.00. The maximum Gasteiger partial charge on any atom is 0.0855 e. The maximum atomic E-state index is 5.98. The van der Waals surface area contributed by atoms with Gasteiger partial charge in [-0.3, -0.25) is 0 Å². The van der Waals surface area contributed by atoms with Gasteiger partial charge in [-0.25, -0.2) is 0 Å². The van der Waals surface area contributed by atoms with Crippen LogP contribution >= 0.6 is 0 Å². The van der Waals surface area contributed by atoms with Gasteiger partial charge in [-0.1, -0.05) is 47.0 Å². The van der Waals surface area contributed by atoms with Gasteiger partial charge in [-0.15, -0.1) is 0 Å². The third kappa shape index (κ3) is 11.7. The zero-order valence-electron chi connectivity index (χ0n) is 14.2. The molecular formula is C17H36O3. The molecule has 0 aromatic carbocycles. The van der Waals surface area contributed by atoms with E-state index in [0.717, 1.165) is 45.7 Å². The predicted molar refractivity (Wildman–Crippen MR) is 85.3 cm³/mol. The minimum Gasteiger partial charge on any atom is -0.381 e. The van der Waals surface area contributed by atoms with Crippen molar-refractivity contribution in [1.29, 1.82) is 0 Å². The van der Waals surface area contributed by atoms with Gasteiger partial charge in [0, 0.05) is 25.7 Å². The van der Waals surface area contributed by atoms with Crippen LogP contribution in [0.1, 0.15) is 66.2 Å². The Morgan fingerprint density at radius 3 is 1.75 bits per heavy atom. The molecule has 2 atom stereocenters. The molecule has 20 heavy (non-hydrogen) atoms. The van der Waals surface area contributed by atoms with Gasteiger partial charge in [-0.05, 0) is 19.3 Å². The largest absolute Gasteiger partial charge is 0.381 e. The Balaban J connectivity index is 3.92. The number of hydrogen-bond donors (Lipinski definition) is 0. The minimum atomic E-state index is 0.167. The summed E-state index contributed by atoms with van der Waals surface area (Å²) < 4.78 is 17.4. The molecule has 1 unspecified atom stereocenters. The fourth-order valence-corrected chi connectivity index (χ4v) is 1.82. The summed E-state index contributed by atoms with van der Waals surface area (Å²) in [5, 5.41) is 0. The Labute approximate surface area is 126 Å². The first-order valence-electron chi connectivity index (χ1n) is 8.53. The Bertz CT molecular complexity index is 185. The third-order valence-corrected chi connectivity index (χ3v) is 3.41. The highest BCUT2D eigenvalue weighted by Gasteiger charge is 2.18. The second-order valence-corrected chi connectivity index (χ2v) is 5.60. The summed E-state index contributed by atoms with van der Waals surface area (Å²) in [6.07, 6.45) is 7.09. The van der Waals surface area contributed by atoms with Crippen LogP contribution in [0.25, 0.3) is 0 Å². The van der Waals surface area contributed by atoms with E-state index >= 15 is 0 Å². The van der Waals surface area contributed by atoms with E-state index in [9.17, 15) is 0 Å². The quantitative estimate of drug-likeness (QED) is 0.417. The molecular weight excluding hydrogens is 252 g/mol. The lowest BCUT2D eigenvalue weighted by Gasteiger charge is -2.24. The molecule has 0 aromatic rings. The summed E-state index contributed by atoms with van der Waals surface area (Å²) in [6, 6.07) is 0. The number of rotatable bonds is 15. The molecule has 0 radical (unpaired) electrons. The maximum absolute atomic E-state index is 5.98. The third-order valence-electron chi connectivity index (χ3n) is 3.41. The lowest BCUT2D eigenvalue weighted by Crippen LogP contribution is -2.31. The first-order valence-corrected chi connectivity index (χ1v) is 8.53. The lowest BCUT2D eigenvalue weighted by atomic mass is 10.1. The molecule has 0 aliphatic rings. The molecule has 0 saturated heterocycles. The second kappa shape index (κ2) is 15.3. The number of ether oxygens (including phenoxy) is 3. The second-order valence-electron chi connectivity index (χ2n) is 5.60. The van der Waals surface area contributed by atoms with Crippen molar-refractivity contribution >= 4 is 0 Å². The molecule has 3 heteroatoms. The van der Waals surface area contributed by atoms with Crippen LogP contribution in [0.2, 0.25) is 0 Å². The smallest absolute Gasteiger partial charge is 0.0855 e. The average molecular weight is 288 g/mol. The van der Waals surface area contributed by atoms with Gasteiger partial charge in [-0.2, -0.15) is 0 Å². The number of hydrogen-bond acceptors (Lipinski definition) is 3. The predicted octanol–water partition coefficient (Wildman–Crippen LogP) is 4.44. The highest BCUT2D eigenvalue weighted by molar-refractivity contribution is 4.66. The van der Waals surface area contributed by atoms with Crippen LogP contribution in [-0.4, -0.2) is 39.1 Å². The zero-order chi connectivity index (χ0) is 15.1. The summed E-state index contributed by atoms with van der Waals surface area (Å²) >= 11 is 0. The first-order chi connectivity index (χ1) is 9.76. The summed E-state index contributed by atoms with van der Waals surface area (Å²) in [4.78, 5) is 0. The van der Waals surface area contributed by atoms with E-state index in [0.29, 0.717) is 12.5 Å². The highest BCUT2D eigenvalue weighted by Crippen LogP contribution is 2.11. The van der Waals surface area contributed by atoms with Crippen LogP contribution in [0.3, 0.4) is 0 Å². The van der Waals surface area contributed by atoms with Gasteiger partial charge in [0.2, 0.25) is 0 Å². The first kappa shape index (κ1) is 19.9. The van der Waals surface area contributed by atoms with Crippen molar-refractivity contribution in [2.24, 2.45) is 5.92 Å². The van der Waals surface area contributed by atoms with Crippen molar-refractivity contribution in [2.45, 2.75) is 72.3 Å². The van der Waals surface area contributed by atoms with E-state index in [1.165, 1.54) is 19.3 Å². The SMILES string of the molecule is CCCCOCC(C)[C@H](COCCCC)OCCCC. The van der Waals surface area contributed by atoms with Gasteiger partial charge in [0.25, 0.3) is 0 Å². The van der Waals surface area contributed by atoms with Gasteiger partial charge < -0.3 is 14.2 Å². The van der Waals surface area contributed by atoms with Crippen LogP contribution in [0.5, 0.6) is 0 Å². The van der Waals surface area contributed by atoms with Crippen LogP contribution in [0, 0.1) is 5.92 Å². The molecule has 0 aliphatic heterocycles. The Morgan fingerprint density at radius 2 is 1.20 bits per heavy atom. The van der Waals surface area contributed by atoms with E-state index in [1.54, 1.807) is 0 Å². The zero-order valence-corrected chi connectivity index (χ0v) is 14.2. The molecule has 0 heterocycles. The summed E-state index contributed by atoms with van der Waals surface area (Å²) in [7, 11) is 0. The van der Waals surface area contributed by atoms with Crippen LogP contribution < -0.4 is 0 Å². The standard InChI is InChI=1S/C17H36O3/c1-5-8-11-18-14-16(4)17(20-13-10-7-3)15-19-12-9-6-2/h16-17H,5-15H2,1-4H3/t16?,17-/m0/s1. The molecule has 0 fully saturated rings. The van der Waals surface area contributed by atoms with Gasteiger partial charge in [0.15, 0.2) is 0 Å². The summed E-state index contributed by atoms with van der Waals surface area (Å²) in [6.45, 7) is 12.8. The van der Waals surface area contributed by atoms with Crippen molar-refractivity contribution in [2.75, 3.05) is 33.0 Å². The molecule has 122 valence electrons. The summed E-state index contributed by atoms with van der Waals surface area (Å²) in [5.41, 5.74) is 0. The Hall–Kier alpha value is -0.120. The molecule has 0 saturated carbocycles. The van der Waals surface area contributed by atoms with Crippen molar-refractivity contribution in [3.05, 3.63) is 0 Å². The topological polar surface area (TPSA) is 27.7 Å². The minimum absolute atomic E-state index is 0.167.